The minimum Gasteiger partial charge on any atom is -0.454 e. The molecule has 6 heterocycles. The van der Waals surface area contributed by atoms with Gasteiger partial charge in [-0.15, -0.1) is 0 Å². The molecule has 7 heteroatoms. The molecule has 0 radical (unpaired) electrons. The zero-order chi connectivity index (χ0) is 43.6. The summed E-state index contributed by atoms with van der Waals surface area (Å²) in [6.07, 6.45) is 8.07. The monoisotopic (exact) mass is 832 g/mol. The molecular formula is C57H49BN4O2. The minimum absolute atomic E-state index is 0.00293. The van der Waals surface area contributed by atoms with Crippen LogP contribution in [0.5, 0.6) is 0 Å². The molecule has 9 aromatic rings. The maximum absolute atomic E-state index is 7.13. The standard InChI is InChI=1S/C57H49BN4O2/c1-32-14-13-15-38(28-32)61-44-31-41-39-16-9-11-18-45(39)63-53(41)51-48(44)58-47-42(60(51)36-24-20-34(21-25-36)56(3,4)5)29-33(2)30-43(47)62(37-26-22-35(23-27-37)57(6,7)8)55-49(58)52(61)54-50(59-55)40-17-10-12-19-46(40)64-54/h9-13,15-32H,14H2,1-8H3. The number of para-hydroxylation sites is 2. The van der Waals surface area contributed by atoms with Crippen LogP contribution < -0.4 is 31.1 Å². The molecule has 0 spiro atoms. The molecule has 13 rings (SSSR count). The van der Waals surface area contributed by atoms with E-state index < -0.39 is 0 Å². The predicted octanol–water partition coefficient (Wildman–Crippen LogP) is 13.8. The van der Waals surface area contributed by atoms with E-state index in [4.69, 9.17) is 13.8 Å². The number of anilines is 8. The van der Waals surface area contributed by atoms with Crippen molar-refractivity contribution < 1.29 is 8.83 Å². The Labute approximate surface area is 374 Å². The lowest BCUT2D eigenvalue weighted by atomic mass is 9.32. The fourth-order valence-corrected chi connectivity index (χ4v) is 11.1. The maximum atomic E-state index is 7.13. The first-order valence-electron chi connectivity index (χ1n) is 22.8. The normalized spacial score (nSPS) is 16.4. The summed E-state index contributed by atoms with van der Waals surface area (Å²) in [5, 5.41) is 3.19. The van der Waals surface area contributed by atoms with E-state index in [-0.39, 0.29) is 17.5 Å². The number of hydrogen-bond donors (Lipinski definition) is 0. The number of furan rings is 2. The number of allylic oxidation sites excluding steroid dienone is 3. The van der Waals surface area contributed by atoms with Crippen molar-refractivity contribution in [1.82, 2.24) is 4.98 Å². The molecule has 64 heavy (non-hydrogen) atoms. The maximum Gasteiger partial charge on any atom is 0.260 e. The van der Waals surface area contributed by atoms with Gasteiger partial charge in [0.25, 0.3) is 6.71 Å². The van der Waals surface area contributed by atoms with Crippen molar-refractivity contribution in [3.8, 4) is 0 Å². The van der Waals surface area contributed by atoms with Crippen molar-refractivity contribution in [2.75, 3.05) is 14.7 Å². The number of hydrogen-bond acceptors (Lipinski definition) is 6. The topological polar surface area (TPSA) is 48.9 Å². The molecule has 3 aromatic heterocycles. The van der Waals surface area contributed by atoms with Crippen molar-refractivity contribution in [2.24, 2.45) is 5.92 Å². The van der Waals surface area contributed by atoms with E-state index in [1.165, 1.54) is 27.6 Å². The van der Waals surface area contributed by atoms with Gasteiger partial charge in [0.1, 0.15) is 22.5 Å². The second-order valence-corrected chi connectivity index (χ2v) is 20.6. The number of aryl methyl sites for hydroxylation is 1. The molecule has 4 aliphatic rings. The number of pyridine rings is 1. The molecule has 0 bridgehead atoms. The van der Waals surface area contributed by atoms with Crippen LogP contribution in [0.3, 0.4) is 0 Å². The molecule has 312 valence electrons. The van der Waals surface area contributed by atoms with Crippen molar-refractivity contribution in [2.45, 2.75) is 72.6 Å². The average Bonchev–Trinajstić information content (AvgIpc) is 3.84. The molecule has 6 aromatic carbocycles. The van der Waals surface area contributed by atoms with E-state index in [0.717, 1.165) is 107 Å². The Morgan fingerprint density at radius 1 is 0.594 bits per heavy atom. The zero-order valence-electron chi connectivity index (χ0n) is 37.7. The Bertz CT molecular complexity index is 3540. The summed E-state index contributed by atoms with van der Waals surface area (Å²) >= 11 is 0. The molecule has 0 N–H and O–H groups in total. The second-order valence-electron chi connectivity index (χ2n) is 20.6. The lowest BCUT2D eigenvalue weighted by Gasteiger charge is -2.49. The van der Waals surface area contributed by atoms with Gasteiger partial charge in [-0.05, 0) is 124 Å². The van der Waals surface area contributed by atoms with Crippen LogP contribution in [0.4, 0.5) is 45.6 Å². The van der Waals surface area contributed by atoms with Crippen LogP contribution in [0.1, 0.15) is 71.6 Å². The van der Waals surface area contributed by atoms with Crippen LogP contribution in [0.2, 0.25) is 0 Å². The molecule has 6 nitrogen and oxygen atoms in total. The van der Waals surface area contributed by atoms with Gasteiger partial charge in [0.15, 0.2) is 11.2 Å². The van der Waals surface area contributed by atoms with E-state index in [0.29, 0.717) is 5.92 Å². The lowest BCUT2D eigenvalue weighted by molar-refractivity contribution is 0.590. The van der Waals surface area contributed by atoms with E-state index >= 15 is 0 Å². The molecule has 1 aliphatic carbocycles. The van der Waals surface area contributed by atoms with Gasteiger partial charge in [0.2, 0.25) is 0 Å². The largest absolute Gasteiger partial charge is 0.454 e. The van der Waals surface area contributed by atoms with Crippen LogP contribution in [0.15, 0.2) is 148 Å². The Hall–Kier alpha value is -6.99. The van der Waals surface area contributed by atoms with E-state index in [2.05, 4.69) is 204 Å². The van der Waals surface area contributed by atoms with Gasteiger partial charge >= 0.3 is 0 Å². The zero-order valence-corrected chi connectivity index (χ0v) is 37.7. The van der Waals surface area contributed by atoms with Gasteiger partial charge in [-0.25, -0.2) is 4.98 Å². The number of rotatable bonds is 3. The highest BCUT2D eigenvalue weighted by Crippen LogP contribution is 2.54. The van der Waals surface area contributed by atoms with Crippen molar-refractivity contribution in [3.05, 3.63) is 156 Å². The first-order chi connectivity index (χ1) is 30.8. The third kappa shape index (κ3) is 5.12. The Balaban J connectivity index is 1.24. The summed E-state index contributed by atoms with van der Waals surface area (Å²) in [5.74, 6) is 1.27. The highest BCUT2D eigenvalue weighted by atomic mass is 16.3. The first-order valence-corrected chi connectivity index (χ1v) is 22.8. The lowest BCUT2D eigenvalue weighted by Crippen LogP contribution is -2.65. The van der Waals surface area contributed by atoms with Crippen LogP contribution in [0, 0.1) is 12.8 Å². The van der Waals surface area contributed by atoms with Gasteiger partial charge in [-0.3, -0.25) is 4.90 Å². The molecule has 0 saturated heterocycles. The van der Waals surface area contributed by atoms with Crippen LogP contribution in [0.25, 0.3) is 44.0 Å². The Morgan fingerprint density at radius 2 is 1.16 bits per heavy atom. The van der Waals surface area contributed by atoms with Crippen LogP contribution in [-0.4, -0.2) is 11.7 Å². The van der Waals surface area contributed by atoms with E-state index in [9.17, 15) is 0 Å². The highest BCUT2D eigenvalue weighted by Gasteiger charge is 2.52. The van der Waals surface area contributed by atoms with E-state index in [1.807, 2.05) is 0 Å². The summed E-state index contributed by atoms with van der Waals surface area (Å²) in [4.78, 5) is 13.3. The fourth-order valence-electron chi connectivity index (χ4n) is 11.1. The highest BCUT2D eigenvalue weighted by molar-refractivity contribution is 7.03. The predicted molar refractivity (Wildman–Crippen MR) is 268 cm³/mol. The van der Waals surface area contributed by atoms with Crippen molar-refractivity contribution in [1.29, 1.82) is 0 Å². The smallest absolute Gasteiger partial charge is 0.260 e. The summed E-state index contributed by atoms with van der Waals surface area (Å²) in [7, 11) is 0. The van der Waals surface area contributed by atoms with Gasteiger partial charge in [-0.2, -0.15) is 0 Å². The third-order valence-corrected chi connectivity index (χ3v) is 14.2. The summed E-state index contributed by atoms with van der Waals surface area (Å²) in [6, 6.07) is 42.5. The SMILES string of the molecule is Cc1cc2c3c(c1)N(c1ccc(C(C)(C)C)cc1)c1c4c(cc5c1oc1ccccc15)N(C1=CC(C)CC=C1)c1c(c(nc5c1oc1ccccc15)N2c1ccc(C(C)(C)C)cc1)B34. The van der Waals surface area contributed by atoms with Crippen molar-refractivity contribution in [3.63, 3.8) is 0 Å². The molecule has 1 atom stereocenters. The van der Waals surface area contributed by atoms with Crippen molar-refractivity contribution >= 4 is 113 Å². The van der Waals surface area contributed by atoms with Gasteiger partial charge in [-0.1, -0.05) is 115 Å². The number of benzene rings is 6. The molecule has 1 unspecified atom stereocenters. The fraction of sp³-hybridized carbons (Fsp3) is 0.211. The first kappa shape index (κ1) is 37.6. The van der Waals surface area contributed by atoms with Crippen LogP contribution in [-0.2, 0) is 10.8 Å². The Kier molecular flexibility index (Phi) is 7.52. The molecule has 3 aliphatic heterocycles. The summed E-state index contributed by atoms with van der Waals surface area (Å²) in [5.41, 5.74) is 20.5. The van der Waals surface area contributed by atoms with Gasteiger partial charge in [0.05, 0.1) is 11.4 Å². The third-order valence-electron chi connectivity index (χ3n) is 14.2. The van der Waals surface area contributed by atoms with E-state index in [1.54, 1.807) is 0 Å². The molecule has 0 saturated carbocycles. The van der Waals surface area contributed by atoms with Crippen LogP contribution >= 0.6 is 0 Å². The number of aromatic nitrogens is 1. The Morgan fingerprint density at radius 3 is 1.81 bits per heavy atom. The second kappa shape index (κ2) is 12.8. The number of nitrogens with zero attached hydrogens (tertiary/aromatic N) is 4. The summed E-state index contributed by atoms with van der Waals surface area (Å²) in [6.45, 7) is 18.0. The minimum atomic E-state index is -0.180. The summed E-state index contributed by atoms with van der Waals surface area (Å²) < 4.78 is 14.2. The molecule has 0 fully saturated rings. The average molecular weight is 833 g/mol. The quantitative estimate of drug-likeness (QED) is 0.165. The molecule has 0 amide bonds. The van der Waals surface area contributed by atoms with Gasteiger partial charge in [0, 0.05) is 55.8 Å². The van der Waals surface area contributed by atoms with Gasteiger partial charge < -0.3 is 18.6 Å². The number of fused-ring (bicyclic) bond motifs is 8. The molecular weight excluding hydrogens is 783 g/mol.